The molecule has 1 saturated heterocycles. The molecule has 1 unspecified atom stereocenters. The lowest BCUT2D eigenvalue weighted by Gasteiger charge is -2.23. The topological polar surface area (TPSA) is 92.3 Å². The average Bonchev–Trinajstić information content (AvgIpc) is 2.46. The molecule has 0 spiro atoms. The van der Waals surface area contributed by atoms with Gasteiger partial charge in [0.25, 0.3) is 0 Å². The van der Waals surface area contributed by atoms with Gasteiger partial charge < -0.3 is 15.4 Å². The highest BCUT2D eigenvalue weighted by atomic mass is 16.5. The Bertz CT molecular complexity index is 509. The molecule has 0 aliphatic carbocycles. The van der Waals surface area contributed by atoms with Crippen molar-refractivity contribution in [2.24, 2.45) is 0 Å². The molecule has 1 aliphatic rings. The molecule has 0 saturated carbocycles. The molecule has 2 heterocycles. The van der Waals surface area contributed by atoms with Gasteiger partial charge in [-0.3, -0.25) is 14.9 Å². The molecule has 1 atom stereocenters. The molecule has 0 bridgehead atoms. The lowest BCUT2D eigenvalue weighted by Crippen LogP contribution is -2.57. The number of nitrogens with zero attached hydrogens (tertiary/aromatic N) is 1. The van der Waals surface area contributed by atoms with Crippen LogP contribution < -0.4 is 20.7 Å². The third kappa shape index (κ3) is 4.42. The number of rotatable bonds is 5. The molecule has 7 heteroatoms. The predicted molar refractivity (Wildman–Crippen MR) is 76.6 cm³/mol. The van der Waals surface area contributed by atoms with E-state index in [1.54, 1.807) is 12.3 Å². The summed E-state index contributed by atoms with van der Waals surface area (Å²) in [6, 6.07) is 3.25. The van der Waals surface area contributed by atoms with Crippen LogP contribution in [0.2, 0.25) is 0 Å². The molecular weight excluding hydrogens is 272 g/mol. The number of carbonyl (C=O) groups excluding carboxylic acids is 2. The zero-order valence-corrected chi connectivity index (χ0v) is 12.2. The Balaban J connectivity index is 1.90. The highest BCUT2D eigenvalue weighted by Crippen LogP contribution is 2.15. The fourth-order valence-corrected chi connectivity index (χ4v) is 1.95. The number of pyridine rings is 1. The van der Waals surface area contributed by atoms with E-state index in [1.165, 1.54) is 0 Å². The Kier molecular flexibility index (Phi) is 5.10. The van der Waals surface area contributed by atoms with Crippen molar-refractivity contribution in [1.29, 1.82) is 0 Å². The maximum Gasteiger partial charge on any atom is 0.239 e. The smallest absolute Gasteiger partial charge is 0.239 e. The maximum absolute atomic E-state index is 12.0. The Morgan fingerprint density at radius 3 is 3.05 bits per heavy atom. The Morgan fingerprint density at radius 1 is 1.57 bits per heavy atom. The Labute approximate surface area is 123 Å². The number of hydrogen-bond acceptors (Lipinski definition) is 5. The normalized spacial score (nSPS) is 18.2. The van der Waals surface area contributed by atoms with E-state index in [0.29, 0.717) is 19.0 Å². The minimum absolute atomic E-state index is 0.0181. The summed E-state index contributed by atoms with van der Waals surface area (Å²) in [4.78, 5) is 27.2. The van der Waals surface area contributed by atoms with Gasteiger partial charge in [0.2, 0.25) is 17.7 Å². The Hall–Kier alpha value is -2.15. The highest BCUT2D eigenvalue weighted by molar-refractivity contribution is 5.86. The van der Waals surface area contributed by atoms with E-state index in [-0.39, 0.29) is 24.5 Å². The molecule has 0 aromatic carbocycles. The fraction of sp³-hybridized carbons (Fsp3) is 0.500. The lowest BCUT2D eigenvalue weighted by atomic mass is 10.2. The lowest BCUT2D eigenvalue weighted by molar-refractivity contribution is -0.126. The van der Waals surface area contributed by atoms with Crippen LogP contribution in [0.15, 0.2) is 18.3 Å². The van der Waals surface area contributed by atoms with Gasteiger partial charge in [-0.15, -0.1) is 0 Å². The van der Waals surface area contributed by atoms with Gasteiger partial charge in [0.05, 0.1) is 12.6 Å². The van der Waals surface area contributed by atoms with E-state index in [4.69, 9.17) is 4.74 Å². The molecule has 0 radical (unpaired) electrons. The second kappa shape index (κ2) is 7.03. The fourth-order valence-electron chi connectivity index (χ4n) is 1.95. The monoisotopic (exact) mass is 292 g/mol. The zero-order chi connectivity index (χ0) is 15.2. The first-order chi connectivity index (χ1) is 10.1. The SMILES string of the molecule is CC(C)Oc1ncccc1CNC(=O)C1CNC(=O)CN1. The van der Waals surface area contributed by atoms with Crippen LogP contribution in [0, 0.1) is 0 Å². The second-order valence-electron chi connectivity index (χ2n) is 5.09. The Morgan fingerprint density at radius 2 is 2.38 bits per heavy atom. The molecule has 21 heavy (non-hydrogen) atoms. The number of aromatic nitrogens is 1. The molecule has 1 aromatic heterocycles. The van der Waals surface area contributed by atoms with Gasteiger partial charge in [-0.25, -0.2) is 4.98 Å². The summed E-state index contributed by atoms with van der Waals surface area (Å²) in [5, 5.41) is 8.35. The van der Waals surface area contributed by atoms with Gasteiger partial charge in [0.15, 0.2) is 0 Å². The predicted octanol–water partition coefficient (Wildman–Crippen LogP) is -0.427. The van der Waals surface area contributed by atoms with Crippen molar-refractivity contribution in [1.82, 2.24) is 20.9 Å². The number of hydrogen-bond donors (Lipinski definition) is 3. The van der Waals surface area contributed by atoms with Crippen LogP contribution in [0.4, 0.5) is 0 Å². The van der Waals surface area contributed by atoms with Gasteiger partial charge in [0, 0.05) is 24.8 Å². The van der Waals surface area contributed by atoms with Crippen LogP contribution in [-0.2, 0) is 16.1 Å². The van der Waals surface area contributed by atoms with E-state index >= 15 is 0 Å². The summed E-state index contributed by atoms with van der Waals surface area (Å²) >= 11 is 0. The molecule has 3 N–H and O–H groups in total. The van der Waals surface area contributed by atoms with Crippen molar-refractivity contribution >= 4 is 11.8 Å². The molecule has 2 rings (SSSR count). The van der Waals surface area contributed by atoms with Gasteiger partial charge in [-0.1, -0.05) is 6.07 Å². The summed E-state index contributed by atoms with van der Waals surface area (Å²) in [6.45, 7) is 4.64. The first kappa shape index (κ1) is 15.2. The molecule has 7 nitrogen and oxygen atoms in total. The average molecular weight is 292 g/mol. The van der Waals surface area contributed by atoms with Crippen LogP contribution in [0.1, 0.15) is 19.4 Å². The van der Waals surface area contributed by atoms with Crippen molar-refractivity contribution in [3.05, 3.63) is 23.9 Å². The minimum Gasteiger partial charge on any atom is -0.475 e. The van der Waals surface area contributed by atoms with Crippen LogP contribution in [0.5, 0.6) is 5.88 Å². The molecule has 1 fully saturated rings. The number of piperazine rings is 1. The van der Waals surface area contributed by atoms with Crippen molar-refractivity contribution < 1.29 is 14.3 Å². The standard InChI is InChI=1S/C14H20N4O3/c1-9(2)21-14-10(4-3-5-15-14)6-18-13(20)11-7-17-12(19)8-16-11/h3-5,9,11,16H,6-8H2,1-2H3,(H,17,19)(H,18,20). The van der Waals surface area contributed by atoms with E-state index in [0.717, 1.165) is 5.56 Å². The number of ether oxygens (including phenoxy) is 1. The van der Waals surface area contributed by atoms with Gasteiger partial charge in [-0.05, 0) is 19.9 Å². The molecule has 114 valence electrons. The highest BCUT2D eigenvalue weighted by Gasteiger charge is 2.23. The van der Waals surface area contributed by atoms with E-state index < -0.39 is 6.04 Å². The molecular formula is C14H20N4O3. The van der Waals surface area contributed by atoms with Crippen LogP contribution >= 0.6 is 0 Å². The van der Waals surface area contributed by atoms with Crippen molar-refractivity contribution in [2.45, 2.75) is 32.5 Å². The summed E-state index contributed by atoms with van der Waals surface area (Å²) in [6.07, 6.45) is 1.67. The van der Waals surface area contributed by atoms with Crippen LogP contribution in [-0.4, -0.2) is 42.0 Å². The minimum atomic E-state index is -0.408. The van der Waals surface area contributed by atoms with E-state index in [1.807, 2.05) is 19.9 Å². The van der Waals surface area contributed by atoms with Crippen molar-refractivity contribution in [3.8, 4) is 5.88 Å². The number of nitrogens with one attached hydrogen (secondary N) is 3. The number of carbonyl (C=O) groups is 2. The van der Waals surface area contributed by atoms with Crippen LogP contribution in [0.25, 0.3) is 0 Å². The third-order valence-corrected chi connectivity index (χ3v) is 2.98. The van der Waals surface area contributed by atoms with Crippen molar-refractivity contribution in [2.75, 3.05) is 13.1 Å². The van der Waals surface area contributed by atoms with E-state index in [9.17, 15) is 9.59 Å². The van der Waals surface area contributed by atoms with Gasteiger partial charge >= 0.3 is 0 Å². The van der Waals surface area contributed by atoms with Gasteiger partial charge in [0.1, 0.15) is 6.04 Å². The first-order valence-corrected chi connectivity index (χ1v) is 6.94. The molecule has 1 aliphatic heterocycles. The third-order valence-electron chi connectivity index (χ3n) is 2.98. The first-order valence-electron chi connectivity index (χ1n) is 6.94. The second-order valence-corrected chi connectivity index (χ2v) is 5.09. The summed E-state index contributed by atoms with van der Waals surface area (Å²) in [7, 11) is 0. The van der Waals surface area contributed by atoms with E-state index in [2.05, 4.69) is 20.9 Å². The quantitative estimate of drug-likeness (QED) is 0.685. The number of amides is 2. The zero-order valence-electron chi connectivity index (χ0n) is 12.2. The van der Waals surface area contributed by atoms with Crippen LogP contribution in [0.3, 0.4) is 0 Å². The summed E-state index contributed by atoms with van der Waals surface area (Å²) in [5.74, 6) is 0.269. The largest absolute Gasteiger partial charge is 0.475 e. The van der Waals surface area contributed by atoms with Gasteiger partial charge in [-0.2, -0.15) is 0 Å². The maximum atomic E-state index is 12.0. The molecule has 2 amide bonds. The van der Waals surface area contributed by atoms with Crippen molar-refractivity contribution in [3.63, 3.8) is 0 Å². The molecule has 1 aromatic rings. The summed E-state index contributed by atoms with van der Waals surface area (Å²) in [5.41, 5.74) is 0.819. The summed E-state index contributed by atoms with van der Waals surface area (Å²) < 4.78 is 5.60.